The molecule has 0 aliphatic rings. The second kappa shape index (κ2) is 8.30. The van der Waals surface area contributed by atoms with Gasteiger partial charge >= 0.3 is 5.97 Å². The van der Waals surface area contributed by atoms with Crippen LogP contribution in [0.2, 0.25) is 0 Å². The van der Waals surface area contributed by atoms with Gasteiger partial charge in [0.15, 0.2) is 12.4 Å². The molecule has 2 N–H and O–H groups in total. The molecule has 2 rings (SSSR count). The van der Waals surface area contributed by atoms with Crippen LogP contribution in [0.4, 0.5) is 0 Å². The van der Waals surface area contributed by atoms with Crippen LogP contribution < -0.4 is 5.32 Å². The molecule has 2 aromatic rings. The van der Waals surface area contributed by atoms with Crippen LogP contribution in [0.5, 0.6) is 0 Å². The van der Waals surface area contributed by atoms with E-state index in [9.17, 15) is 19.2 Å². The summed E-state index contributed by atoms with van der Waals surface area (Å²) in [6.07, 6.45) is 1.41. The number of aromatic nitrogens is 1. The number of rotatable bonds is 7. The van der Waals surface area contributed by atoms with Crippen LogP contribution >= 0.6 is 11.3 Å². The predicted molar refractivity (Wildman–Crippen MR) is 101 cm³/mol. The average molecular weight is 390 g/mol. The molecule has 0 saturated heterocycles. The SMILES string of the molecule is CC(=O)c1c[nH]c(C(=O)OCC(=O)c2ccc(CNC(=O)C(C)(C)C)s2)c1. The minimum Gasteiger partial charge on any atom is -0.453 e. The van der Waals surface area contributed by atoms with E-state index in [0.717, 1.165) is 4.88 Å². The maximum atomic E-state index is 12.2. The van der Waals surface area contributed by atoms with Gasteiger partial charge in [-0.25, -0.2) is 4.79 Å². The Labute approximate surface area is 161 Å². The van der Waals surface area contributed by atoms with Gasteiger partial charge in [-0.3, -0.25) is 14.4 Å². The van der Waals surface area contributed by atoms with Crippen molar-refractivity contribution in [2.75, 3.05) is 6.61 Å². The topological polar surface area (TPSA) is 105 Å². The highest BCUT2D eigenvalue weighted by Crippen LogP contribution is 2.19. The van der Waals surface area contributed by atoms with Crippen LogP contribution in [0.25, 0.3) is 0 Å². The average Bonchev–Trinajstić information content (AvgIpc) is 3.25. The highest BCUT2D eigenvalue weighted by atomic mass is 32.1. The maximum Gasteiger partial charge on any atom is 0.355 e. The van der Waals surface area contributed by atoms with E-state index in [-0.39, 0.29) is 23.2 Å². The molecule has 8 heteroatoms. The molecule has 0 radical (unpaired) electrons. The lowest BCUT2D eigenvalue weighted by atomic mass is 9.96. The normalized spacial score (nSPS) is 11.1. The fourth-order valence-electron chi connectivity index (χ4n) is 2.05. The van der Waals surface area contributed by atoms with Gasteiger partial charge in [-0.15, -0.1) is 11.3 Å². The van der Waals surface area contributed by atoms with Crippen LogP contribution in [0.1, 0.15) is 63.1 Å². The zero-order valence-electron chi connectivity index (χ0n) is 15.7. The van der Waals surface area contributed by atoms with Gasteiger partial charge < -0.3 is 15.0 Å². The first-order chi connectivity index (χ1) is 12.6. The lowest BCUT2D eigenvalue weighted by molar-refractivity contribution is -0.128. The first kappa shape index (κ1) is 20.6. The number of thiophene rings is 1. The van der Waals surface area contributed by atoms with Gasteiger partial charge in [0.2, 0.25) is 11.7 Å². The summed E-state index contributed by atoms with van der Waals surface area (Å²) in [6, 6.07) is 4.78. The Morgan fingerprint density at radius 3 is 2.48 bits per heavy atom. The zero-order valence-corrected chi connectivity index (χ0v) is 16.5. The summed E-state index contributed by atoms with van der Waals surface area (Å²) < 4.78 is 5.00. The molecule has 0 aliphatic heterocycles. The second-order valence-corrected chi connectivity index (χ2v) is 8.22. The minimum atomic E-state index is -0.704. The van der Waals surface area contributed by atoms with Crippen LogP contribution in [0.15, 0.2) is 24.4 Å². The van der Waals surface area contributed by atoms with E-state index >= 15 is 0 Å². The summed E-state index contributed by atoms with van der Waals surface area (Å²) in [7, 11) is 0. The molecule has 27 heavy (non-hydrogen) atoms. The highest BCUT2D eigenvalue weighted by molar-refractivity contribution is 7.14. The summed E-state index contributed by atoms with van der Waals surface area (Å²) in [5.41, 5.74) is 0.00252. The minimum absolute atomic E-state index is 0.0754. The zero-order chi connectivity index (χ0) is 20.2. The fraction of sp³-hybridized carbons (Fsp3) is 0.368. The van der Waals surface area contributed by atoms with Crippen molar-refractivity contribution in [3.8, 4) is 0 Å². The number of carbonyl (C=O) groups is 4. The van der Waals surface area contributed by atoms with E-state index in [4.69, 9.17) is 4.74 Å². The van der Waals surface area contributed by atoms with Gasteiger partial charge in [-0.2, -0.15) is 0 Å². The summed E-state index contributed by atoms with van der Waals surface area (Å²) >= 11 is 1.24. The number of hydrogen-bond donors (Lipinski definition) is 2. The quantitative estimate of drug-likeness (QED) is 0.558. The van der Waals surface area contributed by atoms with E-state index in [1.807, 2.05) is 20.8 Å². The Morgan fingerprint density at radius 2 is 1.89 bits per heavy atom. The Balaban J connectivity index is 1.87. The van der Waals surface area contributed by atoms with Crippen molar-refractivity contribution < 1.29 is 23.9 Å². The van der Waals surface area contributed by atoms with Crippen LogP contribution in [-0.2, 0) is 16.1 Å². The monoisotopic (exact) mass is 390 g/mol. The number of aromatic amines is 1. The molecule has 0 bridgehead atoms. The summed E-state index contributed by atoms with van der Waals surface area (Å²) in [6.45, 7) is 6.79. The number of nitrogens with one attached hydrogen (secondary N) is 2. The first-order valence-corrected chi connectivity index (χ1v) is 9.16. The summed E-state index contributed by atoms with van der Waals surface area (Å²) in [4.78, 5) is 51.2. The standard InChI is InChI=1S/C19H22N2O5S/c1-11(22)12-7-14(20-8-12)17(24)26-10-15(23)16-6-5-13(27-16)9-21-18(25)19(2,3)4/h5-8,20H,9-10H2,1-4H3,(H,21,25). The van der Waals surface area contributed by atoms with Gasteiger partial charge in [0.25, 0.3) is 0 Å². The van der Waals surface area contributed by atoms with Crippen molar-refractivity contribution >= 4 is 34.8 Å². The summed E-state index contributed by atoms with van der Waals surface area (Å²) in [5, 5.41) is 2.82. The third-order valence-corrected chi connectivity index (χ3v) is 4.81. The van der Waals surface area contributed by atoms with E-state index < -0.39 is 18.0 Å². The number of H-pyrrole nitrogens is 1. The molecule has 1 amide bonds. The molecule has 144 valence electrons. The lowest BCUT2D eigenvalue weighted by Gasteiger charge is -2.17. The van der Waals surface area contributed by atoms with Crippen molar-refractivity contribution in [3.63, 3.8) is 0 Å². The number of ether oxygens (including phenoxy) is 1. The molecular formula is C19H22N2O5S. The lowest BCUT2D eigenvalue weighted by Crippen LogP contribution is -2.34. The van der Waals surface area contributed by atoms with E-state index in [0.29, 0.717) is 17.0 Å². The maximum absolute atomic E-state index is 12.2. The molecule has 0 atom stereocenters. The number of carbonyl (C=O) groups excluding carboxylic acids is 4. The van der Waals surface area contributed by atoms with Crippen molar-refractivity contribution in [2.24, 2.45) is 5.41 Å². The predicted octanol–water partition coefficient (Wildman–Crippen LogP) is 2.98. The molecule has 0 aromatic carbocycles. The van der Waals surface area contributed by atoms with E-state index in [1.165, 1.54) is 30.5 Å². The number of esters is 1. The Hall–Kier alpha value is -2.74. The summed E-state index contributed by atoms with van der Waals surface area (Å²) in [5.74, 6) is -1.29. The van der Waals surface area contributed by atoms with Gasteiger partial charge in [0.1, 0.15) is 5.69 Å². The van der Waals surface area contributed by atoms with Crippen LogP contribution in [0, 0.1) is 5.41 Å². The van der Waals surface area contributed by atoms with Crippen molar-refractivity contribution in [1.29, 1.82) is 0 Å². The molecule has 0 saturated carbocycles. The third-order valence-electron chi connectivity index (χ3n) is 3.68. The Morgan fingerprint density at radius 1 is 1.19 bits per heavy atom. The third kappa shape index (κ3) is 5.62. The number of hydrogen-bond acceptors (Lipinski definition) is 6. The van der Waals surface area contributed by atoms with Gasteiger partial charge in [-0.05, 0) is 25.1 Å². The smallest absolute Gasteiger partial charge is 0.355 e. The Bertz CT molecular complexity index is 873. The van der Waals surface area contributed by atoms with E-state index in [2.05, 4.69) is 10.3 Å². The van der Waals surface area contributed by atoms with Gasteiger partial charge in [0, 0.05) is 22.1 Å². The van der Waals surface area contributed by atoms with Crippen molar-refractivity contribution in [2.45, 2.75) is 34.2 Å². The van der Waals surface area contributed by atoms with Crippen LogP contribution in [-0.4, -0.2) is 35.0 Å². The molecule has 0 aliphatic carbocycles. The molecule has 7 nitrogen and oxygen atoms in total. The number of Topliss-reactive ketones (excluding diaryl/α,β-unsaturated/α-hetero) is 2. The molecule has 0 unspecified atom stereocenters. The molecule has 2 heterocycles. The highest BCUT2D eigenvalue weighted by Gasteiger charge is 2.21. The molecule has 2 aromatic heterocycles. The van der Waals surface area contributed by atoms with Crippen LogP contribution in [0.3, 0.4) is 0 Å². The van der Waals surface area contributed by atoms with Crippen molar-refractivity contribution in [3.05, 3.63) is 45.4 Å². The fourth-order valence-corrected chi connectivity index (χ4v) is 2.92. The first-order valence-electron chi connectivity index (χ1n) is 8.34. The number of amides is 1. The largest absolute Gasteiger partial charge is 0.453 e. The van der Waals surface area contributed by atoms with Crippen molar-refractivity contribution in [1.82, 2.24) is 10.3 Å². The molecular weight excluding hydrogens is 368 g/mol. The number of ketones is 2. The second-order valence-electron chi connectivity index (χ2n) is 7.06. The van der Waals surface area contributed by atoms with Gasteiger partial charge in [-0.1, -0.05) is 20.8 Å². The molecule has 0 fully saturated rings. The Kier molecular flexibility index (Phi) is 6.32. The van der Waals surface area contributed by atoms with E-state index in [1.54, 1.807) is 12.1 Å². The van der Waals surface area contributed by atoms with Gasteiger partial charge in [0.05, 0.1) is 11.4 Å². The molecule has 0 spiro atoms.